The molecule has 0 saturated carbocycles. The van der Waals surface area contributed by atoms with Gasteiger partial charge in [0.2, 0.25) is 0 Å². The predicted molar refractivity (Wildman–Crippen MR) is 104 cm³/mol. The van der Waals surface area contributed by atoms with Gasteiger partial charge in [0.25, 0.3) is 11.8 Å². The van der Waals surface area contributed by atoms with E-state index in [1.165, 1.54) is 32.5 Å². The molecule has 8 heteroatoms. The molecule has 0 saturated heterocycles. The molecule has 0 spiro atoms. The molecular formula is C19H24N4O4. The smallest absolute Gasteiger partial charge is 0.257 e. The van der Waals surface area contributed by atoms with Crippen molar-refractivity contribution in [2.45, 2.75) is 13.8 Å². The molecule has 0 unspecified atom stereocenters. The molecule has 1 aromatic carbocycles. The van der Waals surface area contributed by atoms with Crippen molar-refractivity contribution in [2.24, 2.45) is 5.73 Å². The van der Waals surface area contributed by atoms with Gasteiger partial charge in [-0.05, 0) is 32.0 Å². The van der Waals surface area contributed by atoms with E-state index in [0.717, 1.165) is 18.9 Å². The molecule has 1 aromatic heterocycles. The SMILES string of the molecule is CCN(CC)c1ccc(C(=O)Nc2cc(OC)c(OC)cc2C(N)=O)cn1. The van der Waals surface area contributed by atoms with E-state index in [9.17, 15) is 9.59 Å². The number of amides is 2. The summed E-state index contributed by atoms with van der Waals surface area (Å²) < 4.78 is 10.4. The Bertz CT molecular complexity index is 817. The Morgan fingerprint density at radius 1 is 1.11 bits per heavy atom. The molecule has 27 heavy (non-hydrogen) atoms. The minimum absolute atomic E-state index is 0.119. The second-order valence-corrected chi connectivity index (χ2v) is 5.65. The van der Waals surface area contributed by atoms with E-state index < -0.39 is 11.8 Å². The van der Waals surface area contributed by atoms with Crippen molar-refractivity contribution in [2.75, 3.05) is 37.5 Å². The molecule has 0 aliphatic heterocycles. The maximum absolute atomic E-state index is 12.6. The van der Waals surface area contributed by atoms with Gasteiger partial charge in [0.05, 0.1) is 31.0 Å². The van der Waals surface area contributed by atoms with Crippen LogP contribution in [-0.4, -0.2) is 44.1 Å². The van der Waals surface area contributed by atoms with Gasteiger partial charge in [0.15, 0.2) is 11.5 Å². The summed E-state index contributed by atoms with van der Waals surface area (Å²) >= 11 is 0. The van der Waals surface area contributed by atoms with E-state index in [1.54, 1.807) is 12.1 Å². The third kappa shape index (κ3) is 4.46. The Kier molecular flexibility index (Phi) is 6.59. The van der Waals surface area contributed by atoms with Gasteiger partial charge in [-0.25, -0.2) is 4.98 Å². The van der Waals surface area contributed by atoms with Crippen LogP contribution in [0.1, 0.15) is 34.6 Å². The van der Waals surface area contributed by atoms with Crippen molar-refractivity contribution < 1.29 is 19.1 Å². The Labute approximate surface area is 158 Å². The molecule has 0 aliphatic carbocycles. The van der Waals surface area contributed by atoms with E-state index in [0.29, 0.717) is 17.1 Å². The number of nitrogens with one attached hydrogen (secondary N) is 1. The number of rotatable bonds is 8. The van der Waals surface area contributed by atoms with Crippen LogP contribution in [0.15, 0.2) is 30.5 Å². The molecule has 0 radical (unpaired) electrons. The molecule has 8 nitrogen and oxygen atoms in total. The summed E-state index contributed by atoms with van der Waals surface area (Å²) in [6.07, 6.45) is 1.49. The van der Waals surface area contributed by atoms with Gasteiger partial charge in [-0.3, -0.25) is 9.59 Å². The highest BCUT2D eigenvalue weighted by Gasteiger charge is 2.18. The lowest BCUT2D eigenvalue weighted by atomic mass is 10.1. The average molecular weight is 372 g/mol. The summed E-state index contributed by atoms with van der Waals surface area (Å²) in [6, 6.07) is 6.39. The van der Waals surface area contributed by atoms with Crippen molar-refractivity contribution in [1.82, 2.24) is 4.98 Å². The summed E-state index contributed by atoms with van der Waals surface area (Å²) in [5.41, 5.74) is 6.13. The van der Waals surface area contributed by atoms with Crippen LogP contribution in [0.4, 0.5) is 11.5 Å². The van der Waals surface area contributed by atoms with Crippen LogP contribution >= 0.6 is 0 Å². The van der Waals surface area contributed by atoms with Crippen LogP contribution < -0.4 is 25.4 Å². The number of ether oxygens (including phenoxy) is 2. The lowest BCUT2D eigenvalue weighted by molar-refractivity contribution is 0.100. The minimum Gasteiger partial charge on any atom is -0.493 e. The standard InChI is InChI=1S/C19H24N4O4/c1-5-23(6-2)17-8-7-12(11-21-17)19(25)22-14-10-16(27-4)15(26-3)9-13(14)18(20)24/h7-11H,5-6H2,1-4H3,(H2,20,24)(H,22,25). The monoisotopic (exact) mass is 372 g/mol. The fourth-order valence-electron chi connectivity index (χ4n) is 2.64. The Balaban J connectivity index is 2.30. The lowest BCUT2D eigenvalue weighted by Gasteiger charge is -2.19. The van der Waals surface area contributed by atoms with E-state index >= 15 is 0 Å². The highest BCUT2D eigenvalue weighted by atomic mass is 16.5. The molecule has 0 fully saturated rings. The number of aromatic nitrogens is 1. The van der Waals surface area contributed by atoms with Crippen molar-refractivity contribution in [1.29, 1.82) is 0 Å². The molecule has 144 valence electrons. The molecule has 0 aliphatic rings. The highest BCUT2D eigenvalue weighted by Crippen LogP contribution is 2.33. The van der Waals surface area contributed by atoms with Gasteiger partial charge in [-0.2, -0.15) is 0 Å². The average Bonchev–Trinajstić information content (AvgIpc) is 2.68. The van der Waals surface area contributed by atoms with E-state index in [4.69, 9.17) is 15.2 Å². The predicted octanol–water partition coefficient (Wildman–Crippen LogP) is 2.30. The first-order valence-corrected chi connectivity index (χ1v) is 8.53. The fraction of sp³-hybridized carbons (Fsp3) is 0.316. The molecule has 1 heterocycles. The van der Waals surface area contributed by atoms with Gasteiger partial charge in [0.1, 0.15) is 5.82 Å². The van der Waals surface area contributed by atoms with Crippen LogP contribution in [0.2, 0.25) is 0 Å². The lowest BCUT2D eigenvalue weighted by Crippen LogP contribution is -2.23. The quantitative estimate of drug-likeness (QED) is 0.736. The number of nitrogens with zero attached hydrogens (tertiary/aromatic N) is 2. The first-order chi connectivity index (χ1) is 12.9. The topological polar surface area (TPSA) is 107 Å². The second-order valence-electron chi connectivity index (χ2n) is 5.65. The zero-order valence-corrected chi connectivity index (χ0v) is 15.9. The first-order valence-electron chi connectivity index (χ1n) is 8.53. The van der Waals surface area contributed by atoms with Crippen LogP contribution in [0.5, 0.6) is 11.5 Å². The van der Waals surface area contributed by atoms with Gasteiger partial charge < -0.3 is 25.4 Å². The van der Waals surface area contributed by atoms with Crippen molar-refractivity contribution in [3.8, 4) is 11.5 Å². The van der Waals surface area contributed by atoms with Gasteiger partial charge in [-0.1, -0.05) is 0 Å². The number of carbonyl (C=O) groups excluding carboxylic acids is 2. The first kappa shape index (κ1) is 20.0. The van der Waals surface area contributed by atoms with Crippen LogP contribution in [0.3, 0.4) is 0 Å². The van der Waals surface area contributed by atoms with E-state index in [-0.39, 0.29) is 11.3 Å². The number of hydrogen-bond donors (Lipinski definition) is 2. The summed E-state index contributed by atoms with van der Waals surface area (Å²) in [6.45, 7) is 5.72. The molecule has 2 aromatic rings. The number of methoxy groups -OCH3 is 2. The number of pyridine rings is 1. The number of nitrogens with two attached hydrogens (primary N) is 1. The van der Waals surface area contributed by atoms with Crippen molar-refractivity contribution >= 4 is 23.3 Å². The van der Waals surface area contributed by atoms with Crippen LogP contribution in [0.25, 0.3) is 0 Å². The Hall–Kier alpha value is -3.29. The number of anilines is 2. The molecule has 3 N–H and O–H groups in total. The van der Waals surface area contributed by atoms with E-state index in [1.807, 2.05) is 13.8 Å². The normalized spacial score (nSPS) is 10.2. The zero-order valence-electron chi connectivity index (χ0n) is 15.9. The molecular weight excluding hydrogens is 348 g/mol. The van der Waals surface area contributed by atoms with Gasteiger partial charge >= 0.3 is 0 Å². The third-order valence-electron chi connectivity index (χ3n) is 4.13. The number of carbonyl (C=O) groups is 2. The highest BCUT2D eigenvalue weighted by molar-refractivity contribution is 6.09. The largest absolute Gasteiger partial charge is 0.493 e. The molecule has 2 rings (SSSR count). The minimum atomic E-state index is -0.693. The van der Waals surface area contributed by atoms with Gasteiger partial charge in [0, 0.05) is 25.4 Å². The summed E-state index contributed by atoms with van der Waals surface area (Å²) in [4.78, 5) is 30.7. The van der Waals surface area contributed by atoms with E-state index in [2.05, 4.69) is 15.2 Å². The molecule has 2 amide bonds. The number of hydrogen-bond acceptors (Lipinski definition) is 6. The summed E-state index contributed by atoms with van der Waals surface area (Å²) in [5.74, 6) is 0.396. The van der Waals surface area contributed by atoms with Crippen molar-refractivity contribution in [3.63, 3.8) is 0 Å². The Morgan fingerprint density at radius 3 is 2.22 bits per heavy atom. The van der Waals surface area contributed by atoms with Crippen LogP contribution in [0, 0.1) is 0 Å². The maximum atomic E-state index is 12.6. The molecule has 0 bridgehead atoms. The molecule has 0 atom stereocenters. The zero-order chi connectivity index (χ0) is 20.0. The third-order valence-corrected chi connectivity index (χ3v) is 4.13. The summed E-state index contributed by atoms with van der Waals surface area (Å²) in [5, 5.41) is 2.68. The summed E-state index contributed by atoms with van der Waals surface area (Å²) in [7, 11) is 2.91. The Morgan fingerprint density at radius 2 is 1.74 bits per heavy atom. The van der Waals surface area contributed by atoms with Crippen LogP contribution in [-0.2, 0) is 0 Å². The number of primary amides is 1. The fourth-order valence-corrected chi connectivity index (χ4v) is 2.64. The number of benzene rings is 1. The second kappa shape index (κ2) is 8.88. The maximum Gasteiger partial charge on any atom is 0.257 e. The van der Waals surface area contributed by atoms with Crippen molar-refractivity contribution in [3.05, 3.63) is 41.6 Å². The van der Waals surface area contributed by atoms with Gasteiger partial charge in [-0.15, -0.1) is 0 Å².